The van der Waals surface area contributed by atoms with E-state index in [1.165, 1.54) is 5.56 Å². The number of nitrogens with one attached hydrogen (secondary N) is 1. The van der Waals surface area contributed by atoms with Gasteiger partial charge >= 0.3 is 0 Å². The number of ether oxygens (including phenoxy) is 2. The number of methoxy groups -OCH3 is 1. The Kier molecular flexibility index (Phi) is 3.48. The molecule has 0 aliphatic carbocycles. The van der Waals surface area contributed by atoms with Crippen molar-refractivity contribution >= 4 is 0 Å². The first kappa shape index (κ1) is 12.8. The van der Waals surface area contributed by atoms with Crippen LogP contribution in [0.25, 0.3) is 0 Å². The SMILES string of the molecule is COc1cc(CNC2COc3ccccc32)ccc1O. The van der Waals surface area contributed by atoms with Crippen molar-refractivity contribution in [1.82, 2.24) is 5.32 Å². The third kappa shape index (κ3) is 2.42. The summed E-state index contributed by atoms with van der Waals surface area (Å²) in [6.07, 6.45) is 0. The molecule has 1 atom stereocenters. The molecule has 2 aromatic carbocycles. The lowest BCUT2D eigenvalue weighted by molar-refractivity contribution is 0.310. The van der Waals surface area contributed by atoms with E-state index in [0.29, 0.717) is 18.9 Å². The van der Waals surface area contributed by atoms with Crippen LogP contribution in [0.3, 0.4) is 0 Å². The molecule has 20 heavy (non-hydrogen) atoms. The number of phenolic OH excluding ortho intramolecular Hbond substituents is 1. The summed E-state index contributed by atoms with van der Waals surface area (Å²) in [6, 6.07) is 13.6. The number of hydrogen-bond acceptors (Lipinski definition) is 4. The van der Waals surface area contributed by atoms with Crippen LogP contribution in [-0.4, -0.2) is 18.8 Å². The second kappa shape index (κ2) is 5.43. The van der Waals surface area contributed by atoms with Gasteiger partial charge in [0.05, 0.1) is 13.2 Å². The van der Waals surface area contributed by atoms with Crippen molar-refractivity contribution < 1.29 is 14.6 Å². The van der Waals surface area contributed by atoms with Crippen LogP contribution < -0.4 is 14.8 Å². The molecule has 1 heterocycles. The molecule has 0 saturated carbocycles. The van der Waals surface area contributed by atoms with Crippen molar-refractivity contribution in [3.05, 3.63) is 53.6 Å². The van der Waals surface area contributed by atoms with Crippen molar-refractivity contribution in [3.8, 4) is 17.2 Å². The van der Waals surface area contributed by atoms with Crippen LogP contribution in [0.2, 0.25) is 0 Å². The summed E-state index contributed by atoms with van der Waals surface area (Å²) in [5.74, 6) is 1.60. The van der Waals surface area contributed by atoms with Crippen LogP contribution in [0.1, 0.15) is 17.2 Å². The van der Waals surface area contributed by atoms with Gasteiger partial charge in [0.1, 0.15) is 12.4 Å². The van der Waals surface area contributed by atoms with Crippen molar-refractivity contribution in [1.29, 1.82) is 0 Å². The zero-order chi connectivity index (χ0) is 13.9. The van der Waals surface area contributed by atoms with Gasteiger partial charge in [-0.25, -0.2) is 0 Å². The highest BCUT2D eigenvalue weighted by atomic mass is 16.5. The number of benzene rings is 2. The number of hydrogen-bond donors (Lipinski definition) is 2. The molecule has 4 nitrogen and oxygen atoms in total. The molecule has 1 aliphatic heterocycles. The average molecular weight is 271 g/mol. The van der Waals surface area contributed by atoms with Gasteiger partial charge in [0.15, 0.2) is 11.5 Å². The third-order valence-electron chi connectivity index (χ3n) is 3.50. The lowest BCUT2D eigenvalue weighted by Crippen LogP contribution is -2.21. The molecule has 0 spiro atoms. The summed E-state index contributed by atoms with van der Waals surface area (Å²) in [4.78, 5) is 0. The normalized spacial score (nSPS) is 16.6. The quantitative estimate of drug-likeness (QED) is 0.897. The molecule has 0 aromatic heterocycles. The molecule has 2 aromatic rings. The Balaban J connectivity index is 1.69. The zero-order valence-electron chi connectivity index (χ0n) is 11.3. The number of phenols is 1. The topological polar surface area (TPSA) is 50.7 Å². The van der Waals surface area contributed by atoms with Crippen LogP contribution in [0.4, 0.5) is 0 Å². The molecule has 0 radical (unpaired) electrons. The molecule has 2 N–H and O–H groups in total. The Bertz CT molecular complexity index is 612. The van der Waals surface area contributed by atoms with E-state index in [0.717, 1.165) is 11.3 Å². The first-order valence-corrected chi connectivity index (χ1v) is 6.59. The second-order valence-corrected chi connectivity index (χ2v) is 4.79. The standard InChI is InChI=1S/C16H17NO3/c1-19-16-8-11(6-7-14(16)18)9-17-13-10-20-15-5-3-2-4-12(13)15/h2-8,13,17-18H,9-10H2,1H3. The molecule has 1 aliphatic rings. The zero-order valence-corrected chi connectivity index (χ0v) is 11.3. The highest BCUT2D eigenvalue weighted by Crippen LogP contribution is 2.32. The van der Waals surface area contributed by atoms with E-state index >= 15 is 0 Å². The highest BCUT2D eigenvalue weighted by molar-refractivity contribution is 5.42. The van der Waals surface area contributed by atoms with E-state index in [4.69, 9.17) is 9.47 Å². The largest absolute Gasteiger partial charge is 0.504 e. The number of fused-ring (bicyclic) bond motifs is 1. The summed E-state index contributed by atoms with van der Waals surface area (Å²) < 4.78 is 10.7. The van der Waals surface area contributed by atoms with Crippen molar-refractivity contribution in [2.45, 2.75) is 12.6 Å². The van der Waals surface area contributed by atoms with Gasteiger partial charge in [0.25, 0.3) is 0 Å². The van der Waals surface area contributed by atoms with Crippen LogP contribution in [0.5, 0.6) is 17.2 Å². The minimum absolute atomic E-state index is 0.158. The van der Waals surface area contributed by atoms with E-state index in [9.17, 15) is 5.11 Å². The highest BCUT2D eigenvalue weighted by Gasteiger charge is 2.22. The minimum Gasteiger partial charge on any atom is -0.504 e. The second-order valence-electron chi connectivity index (χ2n) is 4.79. The Morgan fingerprint density at radius 1 is 1.30 bits per heavy atom. The van der Waals surface area contributed by atoms with Gasteiger partial charge in [-0.15, -0.1) is 0 Å². The maximum absolute atomic E-state index is 9.58. The Hall–Kier alpha value is -2.20. The van der Waals surface area contributed by atoms with Crippen LogP contribution in [-0.2, 0) is 6.54 Å². The fourth-order valence-electron chi connectivity index (χ4n) is 2.40. The smallest absolute Gasteiger partial charge is 0.160 e. The first-order valence-electron chi connectivity index (χ1n) is 6.59. The van der Waals surface area contributed by atoms with E-state index in [1.54, 1.807) is 13.2 Å². The first-order chi connectivity index (χ1) is 9.78. The fourth-order valence-corrected chi connectivity index (χ4v) is 2.40. The Labute approximate surface area is 118 Å². The van der Waals surface area contributed by atoms with Gasteiger partial charge < -0.3 is 19.9 Å². The monoisotopic (exact) mass is 271 g/mol. The summed E-state index contributed by atoms with van der Waals surface area (Å²) in [5, 5.41) is 13.0. The molecule has 3 rings (SSSR count). The maximum atomic E-state index is 9.58. The van der Waals surface area contributed by atoms with Crippen molar-refractivity contribution in [3.63, 3.8) is 0 Å². The summed E-state index contributed by atoms with van der Waals surface area (Å²) in [6.45, 7) is 1.34. The van der Waals surface area contributed by atoms with Gasteiger partial charge in [-0.3, -0.25) is 0 Å². The number of para-hydroxylation sites is 1. The summed E-state index contributed by atoms with van der Waals surface area (Å²) in [7, 11) is 1.55. The predicted octanol–water partition coefficient (Wildman–Crippen LogP) is 2.62. The lowest BCUT2D eigenvalue weighted by atomic mass is 10.1. The van der Waals surface area contributed by atoms with Crippen LogP contribution >= 0.6 is 0 Å². The van der Waals surface area contributed by atoms with Gasteiger partial charge in [-0.05, 0) is 23.8 Å². The number of aromatic hydroxyl groups is 1. The maximum Gasteiger partial charge on any atom is 0.160 e. The van der Waals surface area contributed by atoms with Gasteiger partial charge in [0, 0.05) is 12.1 Å². The molecule has 104 valence electrons. The molecule has 1 unspecified atom stereocenters. The number of rotatable bonds is 4. The van der Waals surface area contributed by atoms with Crippen molar-refractivity contribution in [2.24, 2.45) is 0 Å². The fraction of sp³-hybridized carbons (Fsp3) is 0.250. The van der Waals surface area contributed by atoms with E-state index < -0.39 is 0 Å². The molecular weight excluding hydrogens is 254 g/mol. The molecule has 0 amide bonds. The van der Waals surface area contributed by atoms with E-state index in [1.807, 2.05) is 30.3 Å². The Morgan fingerprint density at radius 2 is 2.15 bits per heavy atom. The van der Waals surface area contributed by atoms with E-state index in [2.05, 4.69) is 11.4 Å². The molecule has 0 bridgehead atoms. The van der Waals surface area contributed by atoms with Crippen LogP contribution in [0.15, 0.2) is 42.5 Å². The van der Waals surface area contributed by atoms with Gasteiger partial charge in [0.2, 0.25) is 0 Å². The average Bonchev–Trinajstić information content (AvgIpc) is 2.90. The molecular formula is C16H17NO3. The lowest BCUT2D eigenvalue weighted by Gasteiger charge is -2.12. The van der Waals surface area contributed by atoms with Crippen molar-refractivity contribution in [2.75, 3.05) is 13.7 Å². The summed E-state index contributed by atoms with van der Waals surface area (Å²) in [5.41, 5.74) is 2.25. The molecule has 4 heteroatoms. The minimum atomic E-state index is 0.158. The van der Waals surface area contributed by atoms with Crippen LogP contribution in [0, 0.1) is 0 Å². The van der Waals surface area contributed by atoms with Gasteiger partial charge in [-0.2, -0.15) is 0 Å². The summed E-state index contributed by atoms with van der Waals surface area (Å²) >= 11 is 0. The van der Waals surface area contributed by atoms with E-state index in [-0.39, 0.29) is 11.8 Å². The molecule has 0 saturated heterocycles. The van der Waals surface area contributed by atoms with Gasteiger partial charge in [-0.1, -0.05) is 24.3 Å². The Morgan fingerprint density at radius 3 is 3.00 bits per heavy atom. The predicted molar refractivity (Wildman–Crippen MR) is 76.2 cm³/mol. The molecule has 0 fully saturated rings. The third-order valence-corrected chi connectivity index (χ3v) is 3.50.